The Kier molecular flexibility index (Phi) is 5.86. The van der Waals surface area contributed by atoms with Crippen LogP contribution in [-0.4, -0.2) is 22.3 Å². The summed E-state index contributed by atoms with van der Waals surface area (Å²) in [6, 6.07) is 9.98. The van der Waals surface area contributed by atoms with Crippen LogP contribution in [0.3, 0.4) is 0 Å². The van der Waals surface area contributed by atoms with Crippen molar-refractivity contribution in [1.82, 2.24) is 15.6 Å². The number of nitrogens with zero attached hydrogens (tertiary/aromatic N) is 2. The van der Waals surface area contributed by atoms with Crippen molar-refractivity contribution in [3.63, 3.8) is 0 Å². The lowest BCUT2D eigenvalue weighted by molar-refractivity contribution is -0.121. The molecule has 0 aliphatic rings. The van der Waals surface area contributed by atoms with Gasteiger partial charge in [-0.25, -0.2) is 5.43 Å². The van der Waals surface area contributed by atoms with Gasteiger partial charge in [0.05, 0.1) is 11.9 Å². The number of carbonyl (C=O) groups excluding carboxylic acids is 1. The number of amides is 1. The monoisotopic (exact) mass is 310 g/mol. The maximum Gasteiger partial charge on any atom is 0.240 e. The Hall–Kier alpha value is -2.69. The second kappa shape index (κ2) is 8.08. The lowest BCUT2D eigenvalue weighted by Gasteiger charge is -2.01. The van der Waals surface area contributed by atoms with E-state index < -0.39 is 0 Å². The number of aryl methyl sites for hydroxylation is 2. The molecule has 0 spiro atoms. The van der Waals surface area contributed by atoms with Gasteiger partial charge in [0.25, 0.3) is 0 Å². The highest BCUT2D eigenvalue weighted by Gasteiger charge is 2.08. The zero-order valence-corrected chi connectivity index (χ0v) is 13.8. The third-order valence-corrected chi connectivity index (χ3v) is 3.53. The van der Waals surface area contributed by atoms with Crippen LogP contribution < -0.4 is 5.43 Å². The number of H-pyrrole nitrogens is 1. The molecule has 0 aliphatic heterocycles. The summed E-state index contributed by atoms with van der Waals surface area (Å²) in [5, 5.41) is 11.0. The number of benzene rings is 1. The van der Waals surface area contributed by atoms with Gasteiger partial charge in [-0.15, -0.1) is 0 Å². The number of rotatable bonds is 6. The first-order valence-corrected chi connectivity index (χ1v) is 7.62. The molecule has 5 nitrogen and oxygen atoms in total. The van der Waals surface area contributed by atoms with Gasteiger partial charge >= 0.3 is 0 Å². The summed E-state index contributed by atoms with van der Waals surface area (Å²) >= 11 is 0. The first-order valence-electron chi connectivity index (χ1n) is 7.62. The van der Waals surface area contributed by atoms with Crippen molar-refractivity contribution in [3.05, 3.63) is 58.4 Å². The molecule has 1 aromatic heterocycles. The fourth-order valence-corrected chi connectivity index (χ4v) is 2.29. The van der Waals surface area contributed by atoms with E-state index in [1.807, 2.05) is 57.2 Å². The number of aromatic amines is 1. The Morgan fingerprint density at radius 2 is 2.04 bits per heavy atom. The van der Waals surface area contributed by atoms with Crippen LogP contribution >= 0.6 is 0 Å². The predicted molar refractivity (Wildman–Crippen MR) is 93.1 cm³/mol. The Labute approximate surface area is 136 Å². The van der Waals surface area contributed by atoms with E-state index in [1.165, 1.54) is 0 Å². The SMILES string of the molecule is CC(/C=N/NC(=O)CCc1c(C)n[nH]c1C)=C\c1ccccc1. The highest BCUT2D eigenvalue weighted by molar-refractivity contribution is 5.86. The van der Waals surface area contributed by atoms with Crippen molar-refractivity contribution in [2.24, 2.45) is 5.10 Å². The number of nitrogens with one attached hydrogen (secondary N) is 2. The molecule has 1 aromatic carbocycles. The summed E-state index contributed by atoms with van der Waals surface area (Å²) in [7, 11) is 0. The lowest BCUT2D eigenvalue weighted by atomic mass is 10.1. The van der Waals surface area contributed by atoms with Gasteiger partial charge in [0.1, 0.15) is 0 Å². The van der Waals surface area contributed by atoms with E-state index in [2.05, 4.69) is 20.7 Å². The van der Waals surface area contributed by atoms with Crippen molar-refractivity contribution in [3.8, 4) is 0 Å². The maximum atomic E-state index is 11.8. The van der Waals surface area contributed by atoms with E-state index in [0.29, 0.717) is 12.8 Å². The van der Waals surface area contributed by atoms with Crippen LogP contribution in [0.5, 0.6) is 0 Å². The third kappa shape index (κ3) is 5.21. The summed E-state index contributed by atoms with van der Waals surface area (Å²) in [4.78, 5) is 11.8. The smallest absolute Gasteiger partial charge is 0.240 e. The second-order valence-electron chi connectivity index (χ2n) is 5.50. The van der Waals surface area contributed by atoms with E-state index >= 15 is 0 Å². The van der Waals surface area contributed by atoms with Crippen LogP contribution in [0.1, 0.15) is 35.9 Å². The van der Waals surface area contributed by atoms with Gasteiger partial charge in [0.15, 0.2) is 0 Å². The van der Waals surface area contributed by atoms with Crippen LogP contribution in [0.25, 0.3) is 6.08 Å². The summed E-state index contributed by atoms with van der Waals surface area (Å²) in [5.74, 6) is -0.103. The van der Waals surface area contributed by atoms with Gasteiger partial charge in [0, 0.05) is 12.1 Å². The van der Waals surface area contributed by atoms with Gasteiger partial charge in [0.2, 0.25) is 5.91 Å². The maximum absolute atomic E-state index is 11.8. The molecule has 23 heavy (non-hydrogen) atoms. The normalized spacial score (nSPS) is 11.9. The summed E-state index contributed by atoms with van der Waals surface area (Å²) in [6.07, 6.45) is 4.71. The summed E-state index contributed by atoms with van der Waals surface area (Å²) < 4.78 is 0. The van der Waals surface area contributed by atoms with Gasteiger partial charge in [-0.2, -0.15) is 10.2 Å². The number of carbonyl (C=O) groups is 1. The molecule has 0 unspecified atom stereocenters. The minimum atomic E-state index is -0.103. The average molecular weight is 310 g/mol. The van der Waals surface area contributed by atoms with Crippen molar-refractivity contribution in [2.45, 2.75) is 33.6 Å². The Morgan fingerprint density at radius 1 is 1.30 bits per heavy atom. The van der Waals surface area contributed by atoms with Gasteiger partial charge in [-0.05, 0) is 43.9 Å². The molecule has 2 rings (SSSR count). The molecule has 0 saturated carbocycles. The van der Waals surface area contributed by atoms with Crippen LogP contribution in [0.2, 0.25) is 0 Å². The van der Waals surface area contributed by atoms with E-state index in [9.17, 15) is 4.79 Å². The number of aromatic nitrogens is 2. The van der Waals surface area contributed by atoms with Gasteiger partial charge < -0.3 is 0 Å². The van der Waals surface area contributed by atoms with E-state index in [1.54, 1.807) is 6.21 Å². The highest BCUT2D eigenvalue weighted by atomic mass is 16.2. The van der Waals surface area contributed by atoms with Crippen molar-refractivity contribution >= 4 is 18.2 Å². The second-order valence-corrected chi connectivity index (χ2v) is 5.50. The zero-order valence-electron chi connectivity index (χ0n) is 13.8. The predicted octanol–water partition coefficient (Wildman–Crippen LogP) is 3.16. The molecule has 0 saturated heterocycles. The minimum absolute atomic E-state index is 0.103. The quantitative estimate of drug-likeness (QED) is 0.635. The fourth-order valence-electron chi connectivity index (χ4n) is 2.29. The highest BCUT2D eigenvalue weighted by Crippen LogP contribution is 2.11. The number of allylic oxidation sites excluding steroid dienone is 1. The minimum Gasteiger partial charge on any atom is -0.282 e. The standard InChI is InChI=1S/C18H22N4O/c1-13(11-16-7-5-4-6-8-16)12-19-22-18(23)10-9-17-14(2)20-21-15(17)3/h4-8,11-12H,9-10H2,1-3H3,(H,20,21)(H,22,23)/b13-11+,19-12+. The molecule has 0 radical (unpaired) electrons. The molecule has 5 heteroatoms. The van der Waals surface area contributed by atoms with E-state index in [-0.39, 0.29) is 5.91 Å². The van der Waals surface area contributed by atoms with Crippen molar-refractivity contribution in [2.75, 3.05) is 0 Å². The first kappa shape index (κ1) is 16.7. The number of hydrogen-bond donors (Lipinski definition) is 2. The van der Waals surface area contributed by atoms with Crippen molar-refractivity contribution in [1.29, 1.82) is 0 Å². The summed E-state index contributed by atoms with van der Waals surface area (Å²) in [6.45, 7) is 5.84. The molecule has 1 amide bonds. The van der Waals surface area contributed by atoms with Crippen LogP contribution in [0.15, 0.2) is 41.0 Å². The van der Waals surface area contributed by atoms with Crippen LogP contribution in [-0.2, 0) is 11.2 Å². The molecule has 1 heterocycles. The molecule has 0 atom stereocenters. The van der Waals surface area contributed by atoms with Crippen LogP contribution in [0.4, 0.5) is 0 Å². The molecule has 0 aliphatic carbocycles. The van der Waals surface area contributed by atoms with Crippen LogP contribution in [0, 0.1) is 13.8 Å². The van der Waals surface area contributed by atoms with E-state index in [0.717, 1.165) is 28.1 Å². The zero-order chi connectivity index (χ0) is 16.7. The summed E-state index contributed by atoms with van der Waals surface area (Å²) in [5.41, 5.74) is 7.70. The topological polar surface area (TPSA) is 70.1 Å². The average Bonchev–Trinajstić information content (AvgIpc) is 2.85. The molecule has 0 bridgehead atoms. The van der Waals surface area contributed by atoms with Crippen molar-refractivity contribution < 1.29 is 4.79 Å². The Balaban J connectivity index is 1.81. The molecule has 120 valence electrons. The molecular weight excluding hydrogens is 288 g/mol. The van der Waals surface area contributed by atoms with Gasteiger partial charge in [-0.1, -0.05) is 36.4 Å². The Morgan fingerprint density at radius 3 is 2.70 bits per heavy atom. The molecule has 0 fully saturated rings. The van der Waals surface area contributed by atoms with Gasteiger partial charge in [-0.3, -0.25) is 9.89 Å². The molecule has 2 N–H and O–H groups in total. The first-order chi connectivity index (χ1) is 11.1. The Bertz CT molecular complexity index is 694. The van der Waals surface area contributed by atoms with E-state index in [4.69, 9.17) is 0 Å². The molecular formula is C18H22N4O. The lowest BCUT2D eigenvalue weighted by Crippen LogP contribution is -2.18. The third-order valence-electron chi connectivity index (χ3n) is 3.53. The number of hydrazone groups is 1. The fraction of sp³-hybridized carbons (Fsp3) is 0.278. The molecule has 2 aromatic rings. The number of hydrogen-bond acceptors (Lipinski definition) is 3. The largest absolute Gasteiger partial charge is 0.282 e.